The van der Waals surface area contributed by atoms with Crippen LogP contribution >= 0.6 is 0 Å². The molecule has 0 unspecified atom stereocenters. The standard InChI is InChI=1S/C2H4FN3O4S/c3-11(9,10)6-2(8)5-1(4)7/h(H4,4,5,6,7,8). The summed E-state index contributed by atoms with van der Waals surface area (Å²) in [5.74, 6) is 0. The van der Waals surface area contributed by atoms with E-state index >= 15 is 0 Å². The van der Waals surface area contributed by atoms with E-state index < -0.39 is 22.5 Å². The molecule has 0 fully saturated rings. The van der Waals surface area contributed by atoms with E-state index in [0.717, 1.165) is 4.72 Å². The number of rotatable bonds is 1. The van der Waals surface area contributed by atoms with Gasteiger partial charge in [-0.3, -0.25) is 5.32 Å². The molecule has 0 radical (unpaired) electrons. The number of imide groups is 1. The maximum Gasteiger partial charge on any atom is 0.400 e. The van der Waals surface area contributed by atoms with Crippen molar-refractivity contribution in [3.63, 3.8) is 0 Å². The molecule has 4 amide bonds. The van der Waals surface area contributed by atoms with Gasteiger partial charge in [-0.1, -0.05) is 3.89 Å². The minimum absolute atomic E-state index is 0.805. The van der Waals surface area contributed by atoms with Gasteiger partial charge in [0.05, 0.1) is 0 Å². The highest BCUT2D eigenvalue weighted by atomic mass is 32.3. The van der Waals surface area contributed by atoms with Crippen molar-refractivity contribution in [3.05, 3.63) is 0 Å². The summed E-state index contributed by atoms with van der Waals surface area (Å²) in [6, 6.07) is -2.83. The molecule has 9 heteroatoms. The summed E-state index contributed by atoms with van der Waals surface area (Å²) in [4.78, 5) is 20.0. The summed E-state index contributed by atoms with van der Waals surface area (Å²) in [5.41, 5.74) is 4.38. The maximum atomic E-state index is 11.5. The number of nitrogens with one attached hydrogen (secondary N) is 2. The summed E-state index contributed by atoms with van der Waals surface area (Å²) in [6.45, 7) is 0. The molecule has 0 atom stereocenters. The van der Waals surface area contributed by atoms with Crippen LogP contribution in [0, 0.1) is 0 Å². The average Bonchev–Trinajstić information content (AvgIpc) is 1.53. The lowest BCUT2D eigenvalue weighted by molar-refractivity contribution is 0.234. The summed E-state index contributed by atoms with van der Waals surface area (Å²) in [7, 11) is -5.14. The van der Waals surface area contributed by atoms with Crippen LogP contribution in [0.3, 0.4) is 0 Å². The van der Waals surface area contributed by atoms with E-state index in [4.69, 9.17) is 0 Å². The summed E-state index contributed by atoms with van der Waals surface area (Å²) in [5, 5.41) is 1.27. The third-order valence-corrected chi connectivity index (χ3v) is 0.881. The summed E-state index contributed by atoms with van der Waals surface area (Å²) < 4.78 is 31.6. The first-order valence-electron chi connectivity index (χ1n) is 2.14. The molecule has 0 bridgehead atoms. The zero-order chi connectivity index (χ0) is 9.07. The normalized spacial score (nSPS) is 10.3. The Morgan fingerprint density at radius 1 is 1.36 bits per heavy atom. The van der Waals surface area contributed by atoms with Gasteiger partial charge < -0.3 is 5.73 Å². The number of nitrogens with two attached hydrogens (primary N) is 1. The highest BCUT2D eigenvalue weighted by Gasteiger charge is 2.12. The van der Waals surface area contributed by atoms with Gasteiger partial charge in [-0.05, 0) is 0 Å². The Morgan fingerprint density at radius 3 is 2.09 bits per heavy atom. The second kappa shape index (κ2) is 3.14. The van der Waals surface area contributed by atoms with E-state index in [1.165, 1.54) is 5.32 Å². The number of hydrogen-bond acceptors (Lipinski definition) is 4. The second-order valence-corrected chi connectivity index (χ2v) is 2.44. The van der Waals surface area contributed by atoms with Crippen LogP contribution in [0.1, 0.15) is 0 Å². The Hall–Kier alpha value is -1.38. The van der Waals surface area contributed by atoms with Gasteiger partial charge in [0.2, 0.25) is 0 Å². The van der Waals surface area contributed by atoms with Crippen molar-refractivity contribution in [2.24, 2.45) is 5.73 Å². The summed E-state index contributed by atoms with van der Waals surface area (Å²) in [6.07, 6.45) is 0. The van der Waals surface area contributed by atoms with E-state index in [2.05, 4.69) is 5.73 Å². The minimum Gasteiger partial charge on any atom is -0.351 e. The molecule has 11 heavy (non-hydrogen) atoms. The molecular formula is C2H4FN3O4S. The predicted octanol–water partition coefficient (Wildman–Crippen LogP) is -1.42. The third kappa shape index (κ3) is 6.51. The zero-order valence-electron chi connectivity index (χ0n) is 5.00. The molecule has 0 saturated heterocycles. The van der Waals surface area contributed by atoms with E-state index in [9.17, 15) is 21.9 Å². The van der Waals surface area contributed by atoms with Gasteiger partial charge in [0.1, 0.15) is 0 Å². The molecule has 0 aliphatic rings. The SMILES string of the molecule is NC(=O)NC(=O)NS(=O)(=O)F. The summed E-state index contributed by atoms with van der Waals surface area (Å²) >= 11 is 0. The fourth-order valence-electron chi connectivity index (χ4n) is 0.248. The molecule has 0 aliphatic heterocycles. The monoisotopic (exact) mass is 185 g/mol. The number of hydrogen-bond donors (Lipinski definition) is 3. The largest absolute Gasteiger partial charge is 0.400 e. The van der Waals surface area contributed by atoms with Crippen molar-refractivity contribution in [2.45, 2.75) is 0 Å². The lowest BCUT2D eigenvalue weighted by Gasteiger charge is -1.97. The predicted molar refractivity (Wildman–Crippen MR) is 31.3 cm³/mol. The highest BCUT2D eigenvalue weighted by molar-refractivity contribution is 7.84. The van der Waals surface area contributed by atoms with Gasteiger partial charge in [0.15, 0.2) is 0 Å². The van der Waals surface area contributed by atoms with Gasteiger partial charge in [0, 0.05) is 0 Å². The van der Waals surface area contributed by atoms with Crippen LogP contribution in [-0.4, -0.2) is 20.5 Å². The molecule has 4 N–H and O–H groups in total. The van der Waals surface area contributed by atoms with Crippen LogP contribution in [0.15, 0.2) is 0 Å². The molecule has 0 aromatic rings. The number of halogens is 1. The Balaban J connectivity index is 4.01. The molecule has 0 heterocycles. The Morgan fingerprint density at radius 2 is 1.82 bits per heavy atom. The van der Waals surface area contributed by atoms with Crippen LogP contribution in [0.4, 0.5) is 13.5 Å². The van der Waals surface area contributed by atoms with Crippen LogP contribution in [0.2, 0.25) is 0 Å². The fourth-order valence-corrected chi connectivity index (χ4v) is 0.521. The molecule has 7 nitrogen and oxygen atoms in total. The molecule has 0 aromatic heterocycles. The van der Waals surface area contributed by atoms with E-state index in [1.54, 1.807) is 0 Å². The lowest BCUT2D eigenvalue weighted by Crippen LogP contribution is -2.43. The smallest absolute Gasteiger partial charge is 0.351 e. The molecule has 0 aliphatic carbocycles. The van der Waals surface area contributed by atoms with Crippen molar-refractivity contribution >= 4 is 22.5 Å². The van der Waals surface area contributed by atoms with E-state index in [-0.39, 0.29) is 0 Å². The van der Waals surface area contributed by atoms with E-state index in [1.807, 2.05) is 0 Å². The number of carbonyl (C=O) groups is 2. The van der Waals surface area contributed by atoms with Crippen LogP contribution in [0.25, 0.3) is 0 Å². The average molecular weight is 185 g/mol. The maximum absolute atomic E-state index is 11.5. The Bertz CT molecular complexity index is 271. The topological polar surface area (TPSA) is 118 Å². The van der Waals surface area contributed by atoms with Gasteiger partial charge in [-0.25, -0.2) is 14.3 Å². The zero-order valence-corrected chi connectivity index (χ0v) is 5.81. The fraction of sp³-hybridized carbons (Fsp3) is 0. The first kappa shape index (κ1) is 9.62. The van der Waals surface area contributed by atoms with Gasteiger partial charge in [-0.2, -0.15) is 8.42 Å². The number of carbonyl (C=O) groups excluding carboxylic acids is 2. The van der Waals surface area contributed by atoms with Crippen molar-refractivity contribution in [1.82, 2.24) is 10.0 Å². The molecule has 0 rings (SSSR count). The molecule has 64 valence electrons. The quantitative estimate of drug-likeness (QED) is 0.434. The Labute approximate surface area is 61.1 Å². The van der Waals surface area contributed by atoms with Crippen molar-refractivity contribution < 1.29 is 21.9 Å². The second-order valence-electron chi connectivity index (χ2n) is 1.36. The third-order valence-electron chi connectivity index (χ3n) is 0.451. The molecule has 0 aromatic carbocycles. The van der Waals surface area contributed by atoms with Gasteiger partial charge in [-0.15, -0.1) is 0 Å². The first-order chi connectivity index (χ1) is 4.81. The highest BCUT2D eigenvalue weighted by Crippen LogP contribution is 1.81. The number of urea groups is 2. The van der Waals surface area contributed by atoms with Crippen LogP contribution in [-0.2, 0) is 10.4 Å². The van der Waals surface area contributed by atoms with Crippen LogP contribution < -0.4 is 15.8 Å². The first-order valence-corrected chi connectivity index (χ1v) is 3.52. The van der Waals surface area contributed by atoms with Gasteiger partial charge >= 0.3 is 22.5 Å². The molecule has 0 spiro atoms. The van der Waals surface area contributed by atoms with Crippen LogP contribution in [0.5, 0.6) is 0 Å². The van der Waals surface area contributed by atoms with Crippen molar-refractivity contribution in [1.29, 1.82) is 0 Å². The van der Waals surface area contributed by atoms with Crippen molar-refractivity contribution in [3.8, 4) is 0 Å². The minimum atomic E-state index is -5.14. The Kier molecular flexibility index (Phi) is 2.75. The number of amides is 4. The lowest BCUT2D eigenvalue weighted by atomic mass is 10.9. The molecule has 0 saturated carbocycles. The van der Waals surface area contributed by atoms with Crippen molar-refractivity contribution in [2.75, 3.05) is 0 Å². The van der Waals surface area contributed by atoms with E-state index in [0.29, 0.717) is 0 Å². The molecular weight excluding hydrogens is 181 g/mol. The number of primary amides is 1. The van der Waals surface area contributed by atoms with Gasteiger partial charge in [0.25, 0.3) is 0 Å².